The van der Waals surface area contributed by atoms with Crippen LogP contribution >= 0.6 is 15.9 Å². The summed E-state index contributed by atoms with van der Waals surface area (Å²) in [5.41, 5.74) is 1.11. The highest BCUT2D eigenvalue weighted by atomic mass is 79.9. The van der Waals surface area contributed by atoms with Crippen LogP contribution in [0.5, 0.6) is 0 Å². The number of sulfone groups is 1. The van der Waals surface area contributed by atoms with Gasteiger partial charge in [-0.25, -0.2) is 8.42 Å². The Morgan fingerprint density at radius 3 is 2.62 bits per heavy atom. The summed E-state index contributed by atoms with van der Waals surface area (Å²) in [6.45, 7) is 0. The Balaban J connectivity index is 1.82. The third-order valence-electron chi connectivity index (χ3n) is 3.38. The minimum Gasteiger partial charge on any atom is -0.323 e. The van der Waals surface area contributed by atoms with Crippen molar-refractivity contribution in [3.8, 4) is 0 Å². The number of amides is 1. The molecule has 0 aliphatic rings. The van der Waals surface area contributed by atoms with Crippen LogP contribution in [0.25, 0.3) is 10.9 Å². The monoisotopic (exact) mass is 404 g/mol. The van der Waals surface area contributed by atoms with Gasteiger partial charge in [0.1, 0.15) is 5.75 Å². The highest BCUT2D eigenvalue weighted by Crippen LogP contribution is 2.21. The van der Waals surface area contributed by atoms with Gasteiger partial charge in [0.25, 0.3) is 0 Å². The van der Waals surface area contributed by atoms with Gasteiger partial charge in [-0.05, 0) is 30.3 Å². The van der Waals surface area contributed by atoms with E-state index >= 15 is 0 Å². The molecule has 0 fully saturated rings. The van der Waals surface area contributed by atoms with Crippen molar-refractivity contribution in [2.75, 3.05) is 11.1 Å². The molecule has 7 heteroatoms. The summed E-state index contributed by atoms with van der Waals surface area (Å²) in [6, 6.07) is 15.3. The minimum atomic E-state index is -3.72. The van der Waals surface area contributed by atoms with Gasteiger partial charge in [0.05, 0.1) is 16.1 Å². The first-order chi connectivity index (χ1) is 11.5. The molecule has 0 bridgehead atoms. The summed E-state index contributed by atoms with van der Waals surface area (Å²) < 4.78 is 25.3. The minimum absolute atomic E-state index is 0.100. The van der Waals surface area contributed by atoms with Gasteiger partial charge < -0.3 is 5.32 Å². The topological polar surface area (TPSA) is 76.1 Å². The molecule has 0 aliphatic heterocycles. The van der Waals surface area contributed by atoms with Gasteiger partial charge >= 0.3 is 0 Å². The second-order valence-corrected chi connectivity index (χ2v) is 8.05. The van der Waals surface area contributed by atoms with E-state index < -0.39 is 21.5 Å². The maximum atomic E-state index is 12.4. The molecule has 1 heterocycles. The van der Waals surface area contributed by atoms with Crippen LogP contribution in [0, 0.1) is 0 Å². The first-order valence-electron chi connectivity index (χ1n) is 7.08. The lowest BCUT2D eigenvalue weighted by atomic mass is 10.2. The molecule has 0 atom stereocenters. The van der Waals surface area contributed by atoms with Crippen molar-refractivity contribution in [1.82, 2.24) is 4.98 Å². The summed E-state index contributed by atoms with van der Waals surface area (Å²) in [5, 5.41) is 3.50. The van der Waals surface area contributed by atoms with E-state index in [9.17, 15) is 13.2 Å². The first kappa shape index (κ1) is 16.6. The van der Waals surface area contributed by atoms with Crippen LogP contribution in [0.1, 0.15) is 0 Å². The molecule has 3 rings (SSSR count). The van der Waals surface area contributed by atoms with Crippen LogP contribution < -0.4 is 5.32 Å². The van der Waals surface area contributed by atoms with Crippen LogP contribution in [0.2, 0.25) is 0 Å². The van der Waals surface area contributed by atoms with E-state index in [0.717, 1.165) is 5.39 Å². The van der Waals surface area contributed by atoms with Crippen molar-refractivity contribution in [3.63, 3.8) is 0 Å². The molecule has 2 aromatic carbocycles. The van der Waals surface area contributed by atoms with Gasteiger partial charge in [-0.3, -0.25) is 9.78 Å². The zero-order valence-electron chi connectivity index (χ0n) is 12.4. The molecule has 122 valence electrons. The average Bonchev–Trinajstić information content (AvgIpc) is 2.55. The second kappa shape index (κ2) is 6.70. The highest BCUT2D eigenvalue weighted by molar-refractivity contribution is 9.10. The van der Waals surface area contributed by atoms with Crippen LogP contribution in [0.4, 0.5) is 5.69 Å². The van der Waals surface area contributed by atoms with E-state index in [1.165, 1.54) is 12.1 Å². The molecular weight excluding hydrogens is 392 g/mol. The summed E-state index contributed by atoms with van der Waals surface area (Å²) in [5.74, 6) is -1.24. The standard InChI is InChI=1S/C17H13BrN2O3S/c18-13-6-2-7-14(10-13)24(22,23)11-16(21)20-15-8-1-4-12-5-3-9-19-17(12)15/h1-10H,11H2,(H,20,21). The number of hydrogen-bond acceptors (Lipinski definition) is 4. The van der Waals surface area contributed by atoms with Gasteiger partial charge in [0, 0.05) is 16.1 Å². The Labute approximate surface area is 147 Å². The smallest absolute Gasteiger partial charge is 0.240 e. The molecule has 24 heavy (non-hydrogen) atoms. The predicted molar refractivity (Wildman–Crippen MR) is 96.6 cm³/mol. The Kier molecular flexibility index (Phi) is 4.64. The van der Waals surface area contributed by atoms with Crippen molar-refractivity contribution >= 4 is 48.3 Å². The number of benzene rings is 2. The van der Waals surface area contributed by atoms with Crippen LogP contribution in [0.3, 0.4) is 0 Å². The predicted octanol–water partition coefficient (Wildman–Crippen LogP) is 3.41. The number of halogens is 1. The van der Waals surface area contributed by atoms with Crippen molar-refractivity contribution in [2.24, 2.45) is 0 Å². The third-order valence-corrected chi connectivity index (χ3v) is 5.49. The zero-order valence-corrected chi connectivity index (χ0v) is 14.8. The number of nitrogens with one attached hydrogen (secondary N) is 1. The van der Waals surface area contributed by atoms with Crippen molar-refractivity contribution in [1.29, 1.82) is 0 Å². The van der Waals surface area contributed by atoms with Gasteiger partial charge in [-0.15, -0.1) is 0 Å². The number of carbonyl (C=O) groups is 1. The van der Waals surface area contributed by atoms with E-state index in [-0.39, 0.29) is 4.90 Å². The lowest BCUT2D eigenvalue weighted by Crippen LogP contribution is -2.23. The Hall–Kier alpha value is -2.25. The molecule has 1 N–H and O–H groups in total. The maximum absolute atomic E-state index is 12.4. The van der Waals surface area contributed by atoms with E-state index in [2.05, 4.69) is 26.2 Å². The fourth-order valence-electron chi connectivity index (χ4n) is 2.31. The summed E-state index contributed by atoms with van der Waals surface area (Å²) in [4.78, 5) is 16.5. The lowest BCUT2D eigenvalue weighted by Gasteiger charge is -2.09. The van der Waals surface area contributed by atoms with E-state index in [1.807, 2.05) is 12.1 Å². The van der Waals surface area contributed by atoms with E-state index in [4.69, 9.17) is 0 Å². The molecule has 1 aromatic heterocycles. The highest BCUT2D eigenvalue weighted by Gasteiger charge is 2.20. The fraction of sp³-hybridized carbons (Fsp3) is 0.0588. The number of carbonyl (C=O) groups excluding carboxylic acids is 1. The summed E-state index contributed by atoms with van der Waals surface area (Å²) >= 11 is 3.23. The normalized spacial score (nSPS) is 11.4. The van der Waals surface area contributed by atoms with Gasteiger partial charge in [0.2, 0.25) is 5.91 Å². The van der Waals surface area contributed by atoms with Crippen molar-refractivity contribution in [2.45, 2.75) is 4.90 Å². The molecule has 1 amide bonds. The number of para-hydroxylation sites is 1. The molecule has 0 saturated heterocycles. The fourth-order valence-corrected chi connectivity index (χ4v) is 4.03. The number of rotatable bonds is 4. The van der Waals surface area contributed by atoms with Crippen LogP contribution in [-0.4, -0.2) is 25.1 Å². The maximum Gasteiger partial charge on any atom is 0.240 e. The van der Waals surface area contributed by atoms with Gasteiger partial charge in [-0.1, -0.05) is 40.2 Å². The van der Waals surface area contributed by atoms with Crippen LogP contribution in [0.15, 0.2) is 70.2 Å². The quantitative estimate of drug-likeness (QED) is 0.722. The summed E-state index contributed by atoms with van der Waals surface area (Å²) in [7, 11) is -3.72. The van der Waals surface area contributed by atoms with Crippen molar-refractivity contribution < 1.29 is 13.2 Å². The molecule has 0 spiro atoms. The van der Waals surface area contributed by atoms with Crippen molar-refractivity contribution in [3.05, 3.63) is 65.3 Å². The molecule has 0 saturated carbocycles. The number of anilines is 1. The molecular formula is C17H13BrN2O3S. The molecule has 5 nitrogen and oxygen atoms in total. The number of nitrogens with zero attached hydrogens (tertiary/aromatic N) is 1. The van der Waals surface area contributed by atoms with E-state index in [1.54, 1.807) is 36.5 Å². The Bertz CT molecular complexity index is 1010. The average molecular weight is 405 g/mol. The number of aromatic nitrogens is 1. The third kappa shape index (κ3) is 3.63. The van der Waals surface area contributed by atoms with Gasteiger partial charge in [0.15, 0.2) is 9.84 Å². The Morgan fingerprint density at radius 2 is 1.83 bits per heavy atom. The van der Waals surface area contributed by atoms with E-state index in [0.29, 0.717) is 15.7 Å². The number of fused-ring (bicyclic) bond motifs is 1. The van der Waals surface area contributed by atoms with Gasteiger partial charge in [-0.2, -0.15) is 0 Å². The lowest BCUT2D eigenvalue weighted by molar-refractivity contribution is -0.113. The molecule has 0 aliphatic carbocycles. The molecule has 0 unspecified atom stereocenters. The largest absolute Gasteiger partial charge is 0.323 e. The second-order valence-electron chi connectivity index (χ2n) is 5.15. The Morgan fingerprint density at radius 1 is 1.08 bits per heavy atom. The molecule has 0 radical (unpaired) electrons. The molecule has 3 aromatic rings. The first-order valence-corrected chi connectivity index (χ1v) is 9.52. The number of pyridine rings is 1. The van der Waals surface area contributed by atoms with Crippen LogP contribution in [-0.2, 0) is 14.6 Å². The summed E-state index contributed by atoms with van der Waals surface area (Å²) in [6.07, 6.45) is 1.62. The zero-order chi connectivity index (χ0) is 17.2. The SMILES string of the molecule is O=C(CS(=O)(=O)c1cccc(Br)c1)Nc1cccc2cccnc12. The number of hydrogen-bond donors (Lipinski definition) is 1.